The van der Waals surface area contributed by atoms with E-state index in [2.05, 4.69) is 79.6 Å². The second-order valence-electron chi connectivity index (χ2n) is 6.37. The van der Waals surface area contributed by atoms with E-state index in [0.717, 1.165) is 6.42 Å². The molecule has 3 aliphatic rings. The lowest BCUT2D eigenvalue weighted by atomic mass is 9.82. The minimum atomic E-state index is 0.480. The van der Waals surface area contributed by atoms with Gasteiger partial charge < -0.3 is 4.90 Å². The Kier molecular flexibility index (Phi) is 2.88. The Morgan fingerprint density at radius 3 is 2.86 bits per heavy atom. The van der Waals surface area contributed by atoms with E-state index >= 15 is 0 Å². The van der Waals surface area contributed by atoms with E-state index in [-0.39, 0.29) is 0 Å². The predicted octanol–water partition coefficient (Wildman–Crippen LogP) is 4.53. The summed E-state index contributed by atoms with van der Waals surface area (Å²) in [6, 6.07) is 7.33. The van der Waals surface area contributed by atoms with Gasteiger partial charge in [0.05, 0.1) is 6.04 Å². The number of nitrogens with zero attached hydrogens (tertiary/aromatic N) is 1. The molecule has 0 fully saturated rings. The Bertz CT molecular complexity index is 690. The molecule has 3 atom stereocenters. The molecule has 0 spiro atoms. The smallest absolute Gasteiger partial charge is 0.0577 e. The van der Waals surface area contributed by atoms with Gasteiger partial charge in [0.15, 0.2) is 0 Å². The fourth-order valence-corrected chi connectivity index (χ4v) is 3.83. The molecular formula is C20H21N. The van der Waals surface area contributed by atoms with E-state index in [1.807, 2.05) is 0 Å². The van der Waals surface area contributed by atoms with Crippen molar-refractivity contribution in [2.24, 2.45) is 5.92 Å². The number of benzene rings is 1. The lowest BCUT2D eigenvalue weighted by Crippen LogP contribution is -2.29. The van der Waals surface area contributed by atoms with Crippen LogP contribution in [0, 0.1) is 12.8 Å². The first kappa shape index (κ1) is 12.7. The van der Waals surface area contributed by atoms with Crippen molar-refractivity contribution in [3.05, 3.63) is 77.4 Å². The molecule has 0 N–H and O–H groups in total. The first-order chi connectivity index (χ1) is 10.2. The number of hydrogen-bond acceptors (Lipinski definition) is 1. The van der Waals surface area contributed by atoms with Crippen LogP contribution in [0.5, 0.6) is 0 Å². The highest BCUT2D eigenvalue weighted by Crippen LogP contribution is 2.45. The van der Waals surface area contributed by atoms with Gasteiger partial charge >= 0.3 is 0 Å². The van der Waals surface area contributed by atoms with Gasteiger partial charge in [0.2, 0.25) is 0 Å². The fourth-order valence-electron chi connectivity index (χ4n) is 3.83. The molecule has 0 saturated heterocycles. The van der Waals surface area contributed by atoms with Gasteiger partial charge in [-0.3, -0.25) is 0 Å². The predicted molar refractivity (Wildman–Crippen MR) is 89.7 cm³/mol. The first-order valence-corrected chi connectivity index (χ1v) is 7.80. The number of anilines is 1. The summed E-state index contributed by atoms with van der Waals surface area (Å²) in [7, 11) is 2.21. The Balaban J connectivity index is 1.73. The summed E-state index contributed by atoms with van der Waals surface area (Å²) in [5.41, 5.74) is 5.70. The molecule has 0 bridgehead atoms. The molecule has 21 heavy (non-hydrogen) atoms. The number of allylic oxidation sites excluding steroid dienone is 6. The minimum absolute atomic E-state index is 0.480. The zero-order chi connectivity index (χ0) is 14.4. The van der Waals surface area contributed by atoms with Crippen molar-refractivity contribution < 1.29 is 0 Å². The van der Waals surface area contributed by atoms with E-state index < -0.39 is 0 Å². The van der Waals surface area contributed by atoms with Gasteiger partial charge in [-0.05, 0) is 30.5 Å². The van der Waals surface area contributed by atoms with Crippen LogP contribution >= 0.6 is 0 Å². The molecule has 1 heterocycles. The Hall–Kier alpha value is -2.02. The monoisotopic (exact) mass is 275 g/mol. The van der Waals surface area contributed by atoms with Crippen molar-refractivity contribution in [1.29, 1.82) is 0 Å². The van der Waals surface area contributed by atoms with Crippen LogP contribution in [0.2, 0.25) is 0 Å². The van der Waals surface area contributed by atoms with E-state index in [1.54, 1.807) is 0 Å². The Morgan fingerprint density at radius 1 is 1.14 bits per heavy atom. The summed E-state index contributed by atoms with van der Waals surface area (Å²) in [5.74, 6) is 1.05. The molecule has 1 heteroatoms. The van der Waals surface area contributed by atoms with Crippen LogP contribution in [0.15, 0.2) is 66.3 Å². The molecule has 1 aromatic rings. The van der Waals surface area contributed by atoms with Crippen molar-refractivity contribution in [1.82, 2.24) is 0 Å². The number of likely N-dealkylation sites (N-methyl/N-ethyl adjacent to an activating group) is 1. The summed E-state index contributed by atoms with van der Waals surface area (Å²) >= 11 is 0. The van der Waals surface area contributed by atoms with E-state index in [4.69, 9.17) is 0 Å². The molecule has 2 aliphatic carbocycles. The van der Waals surface area contributed by atoms with Gasteiger partial charge in [0.25, 0.3) is 0 Å². The molecule has 1 aromatic carbocycles. The second-order valence-corrected chi connectivity index (χ2v) is 6.37. The lowest BCUT2D eigenvalue weighted by molar-refractivity contribution is 0.690. The highest BCUT2D eigenvalue weighted by molar-refractivity contribution is 5.66. The van der Waals surface area contributed by atoms with Crippen molar-refractivity contribution in [2.75, 3.05) is 11.9 Å². The van der Waals surface area contributed by atoms with Crippen molar-refractivity contribution in [2.45, 2.75) is 25.3 Å². The van der Waals surface area contributed by atoms with Crippen molar-refractivity contribution in [3.63, 3.8) is 0 Å². The summed E-state index contributed by atoms with van der Waals surface area (Å²) < 4.78 is 0. The summed E-state index contributed by atoms with van der Waals surface area (Å²) in [5, 5.41) is 0. The van der Waals surface area contributed by atoms with E-state index in [0.29, 0.717) is 17.9 Å². The largest absolute Gasteiger partial charge is 0.367 e. The van der Waals surface area contributed by atoms with Crippen molar-refractivity contribution in [3.8, 4) is 0 Å². The van der Waals surface area contributed by atoms with E-state index in [9.17, 15) is 0 Å². The maximum Gasteiger partial charge on any atom is 0.0577 e. The average molecular weight is 275 g/mol. The maximum atomic E-state index is 2.50. The summed E-state index contributed by atoms with van der Waals surface area (Å²) in [4.78, 5) is 2.42. The van der Waals surface area contributed by atoms with Crippen LogP contribution in [-0.4, -0.2) is 13.1 Å². The average Bonchev–Trinajstić information content (AvgIpc) is 2.80. The molecule has 0 radical (unpaired) electrons. The maximum absolute atomic E-state index is 2.50. The van der Waals surface area contributed by atoms with Crippen LogP contribution in [-0.2, 0) is 0 Å². The molecule has 1 nitrogen and oxygen atoms in total. The molecule has 0 saturated carbocycles. The van der Waals surface area contributed by atoms with Gasteiger partial charge in [-0.2, -0.15) is 0 Å². The van der Waals surface area contributed by atoms with Crippen molar-refractivity contribution >= 4 is 5.69 Å². The second kappa shape index (κ2) is 4.77. The Labute approximate surface area is 127 Å². The van der Waals surface area contributed by atoms with Crippen LogP contribution in [0.4, 0.5) is 5.69 Å². The normalized spacial score (nSPS) is 29.3. The number of aryl methyl sites for hydroxylation is 1. The van der Waals surface area contributed by atoms with Crippen LogP contribution < -0.4 is 4.90 Å². The highest BCUT2D eigenvalue weighted by Gasteiger charge is 2.35. The standard InChI is InChI=1S/C20H21N/c1-14-8-10-19-17(12-14)18-13-16(9-11-20(18)21(19)2)15-6-4-3-5-7-15/h3-6,8-13,15,18,20H,7H2,1-2H3. The molecule has 3 unspecified atom stereocenters. The van der Waals surface area contributed by atoms with Crippen LogP contribution in [0.25, 0.3) is 0 Å². The van der Waals surface area contributed by atoms with E-state index in [1.165, 1.54) is 22.4 Å². The lowest BCUT2D eigenvalue weighted by Gasteiger charge is -2.27. The quantitative estimate of drug-likeness (QED) is 0.728. The number of fused-ring (bicyclic) bond motifs is 3. The Morgan fingerprint density at radius 2 is 2.05 bits per heavy atom. The SMILES string of the molecule is Cc1ccc2c(c1)C1C=C(C3C=CC=CC3)C=CC1N2C. The molecule has 106 valence electrons. The third-order valence-corrected chi connectivity index (χ3v) is 5.00. The highest BCUT2D eigenvalue weighted by atomic mass is 15.2. The van der Waals surface area contributed by atoms with Gasteiger partial charge in [0, 0.05) is 24.6 Å². The van der Waals surface area contributed by atoms with Crippen LogP contribution in [0.1, 0.15) is 23.5 Å². The first-order valence-electron chi connectivity index (χ1n) is 7.80. The zero-order valence-corrected chi connectivity index (χ0v) is 12.7. The van der Waals surface area contributed by atoms with Gasteiger partial charge in [-0.25, -0.2) is 0 Å². The van der Waals surface area contributed by atoms with Gasteiger partial charge in [0.1, 0.15) is 0 Å². The molecular weight excluding hydrogens is 254 g/mol. The molecule has 1 aliphatic heterocycles. The fraction of sp³-hybridized carbons (Fsp3) is 0.300. The van der Waals surface area contributed by atoms with Gasteiger partial charge in [-0.1, -0.05) is 60.2 Å². The molecule has 0 aromatic heterocycles. The number of rotatable bonds is 1. The minimum Gasteiger partial charge on any atom is -0.367 e. The summed E-state index contributed by atoms with van der Waals surface area (Å²) in [6.07, 6.45) is 17.3. The molecule has 4 rings (SSSR count). The third-order valence-electron chi connectivity index (χ3n) is 5.00. The number of hydrogen-bond donors (Lipinski definition) is 0. The summed E-state index contributed by atoms with van der Waals surface area (Å²) in [6.45, 7) is 2.19. The van der Waals surface area contributed by atoms with Crippen LogP contribution in [0.3, 0.4) is 0 Å². The zero-order valence-electron chi connectivity index (χ0n) is 12.7. The van der Waals surface area contributed by atoms with Gasteiger partial charge in [-0.15, -0.1) is 0 Å². The topological polar surface area (TPSA) is 3.24 Å². The molecule has 0 amide bonds. The third kappa shape index (κ3) is 1.99.